The van der Waals surface area contributed by atoms with Crippen LogP contribution in [0.5, 0.6) is 0 Å². The molecule has 0 nitrogen and oxygen atoms in total. The molecule has 84 valence electrons. The van der Waals surface area contributed by atoms with E-state index in [1.807, 2.05) is 0 Å². The first kappa shape index (κ1) is 12.4. The summed E-state index contributed by atoms with van der Waals surface area (Å²) < 4.78 is 0.542. The molecule has 1 atom stereocenters. The fraction of sp³-hybridized carbons (Fsp3) is 1.00. The molecule has 0 aliphatic heterocycles. The number of rotatable bonds is 4. The van der Waals surface area contributed by atoms with Crippen molar-refractivity contribution in [3.05, 3.63) is 0 Å². The van der Waals surface area contributed by atoms with E-state index in [1.54, 1.807) is 0 Å². The molecule has 0 aromatic carbocycles. The second kappa shape index (κ2) is 4.92. The second-order valence-corrected chi connectivity index (χ2v) is 7.12. The molecule has 0 saturated heterocycles. The van der Waals surface area contributed by atoms with Crippen molar-refractivity contribution in [1.29, 1.82) is 0 Å². The van der Waals surface area contributed by atoms with Gasteiger partial charge in [0.15, 0.2) is 0 Å². The van der Waals surface area contributed by atoms with Crippen LogP contribution in [0.3, 0.4) is 0 Å². The van der Waals surface area contributed by atoms with E-state index in [9.17, 15) is 0 Å². The van der Waals surface area contributed by atoms with Crippen molar-refractivity contribution in [1.82, 2.24) is 0 Å². The highest BCUT2D eigenvalue weighted by Gasteiger charge is 2.42. The third-order valence-corrected chi connectivity index (χ3v) is 5.94. The molecule has 0 bridgehead atoms. The summed E-state index contributed by atoms with van der Waals surface area (Å²) in [5.41, 5.74) is 0.545. The number of unbranched alkanes of at least 4 members (excludes halogenated alkanes) is 1. The van der Waals surface area contributed by atoms with Crippen molar-refractivity contribution in [2.24, 2.45) is 5.41 Å². The third kappa shape index (κ3) is 2.68. The molecular formula is C13H26S. The van der Waals surface area contributed by atoms with E-state index in [0.717, 1.165) is 0 Å². The molecule has 1 heteroatoms. The van der Waals surface area contributed by atoms with Gasteiger partial charge in [-0.05, 0) is 37.4 Å². The van der Waals surface area contributed by atoms with Crippen LogP contribution in [0.4, 0.5) is 0 Å². The molecular weight excluding hydrogens is 188 g/mol. The Morgan fingerprint density at radius 3 is 2.29 bits per heavy atom. The fourth-order valence-electron chi connectivity index (χ4n) is 2.34. The number of hydrogen-bond donors (Lipinski definition) is 0. The summed E-state index contributed by atoms with van der Waals surface area (Å²) >= 11 is 2.23. The van der Waals surface area contributed by atoms with E-state index in [1.165, 1.54) is 44.3 Å². The average molecular weight is 214 g/mol. The standard InChI is InChI=1S/C13H26S/c1-5-6-11-14-13(4)10-8-7-9-12(13,2)3/h5-11H2,1-4H3. The SMILES string of the molecule is CCCCSC1(C)CCCCC1(C)C. The van der Waals surface area contributed by atoms with Crippen LogP contribution in [-0.4, -0.2) is 10.5 Å². The van der Waals surface area contributed by atoms with E-state index in [4.69, 9.17) is 0 Å². The molecule has 0 aromatic heterocycles. The summed E-state index contributed by atoms with van der Waals surface area (Å²) in [6, 6.07) is 0. The molecule has 0 radical (unpaired) electrons. The summed E-state index contributed by atoms with van der Waals surface area (Å²) in [7, 11) is 0. The molecule has 14 heavy (non-hydrogen) atoms. The maximum absolute atomic E-state index is 2.49. The zero-order chi connectivity index (χ0) is 10.7. The Hall–Kier alpha value is 0.350. The quantitative estimate of drug-likeness (QED) is 0.601. The van der Waals surface area contributed by atoms with Crippen LogP contribution in [0.15, 0.2) is 0 Å². The zero-order valence-corrected chi connectivity index (χ0v) is 11.2. The number of thioether (sulfide) groups is 1. The first-order valence-electron chi connectivity index (χ1n) is 6.16. The van der Waals surface area contributed by atoms with E-state index >= 15 is 0 Å². The molecule has 1 fully saturated rings. The number of hydrogen-bond acceptors (Lipinski definition) is 1. The molecule has 1 aliphatic rings. The van der Waals surface area contributed by atoms with Crippen LogP contribution in [0.1, 0.15) is 66.2 Å². The second-order valence-electron chi connectivity index (χ2n) is 5.52. The van der Waals surface area contributed by atoms with Gasteiger partial charge in [0.1, 0.15) is 0 Å². The van der Waals surface area contributed by atoms with Crippen molar-refractivity contribution in [2.45, 2.75) is 71.0 Å². The third-order valence-electron chi connectivity index (χ3n) is 4.06. The lowest BCUT2D eigenvalue weighted by Gasteiger charge is -2.47. The van der Waals surface area contributed by atoms with Crippen molar-refractivity contribution >= 4 is 11.8 Å². The molecule has 1 aliphatic carbocycles. The minimum Gasteiger partial charge on any atom is -0.155 e. The van der Waals surface area contributed by atoms with Crippen molar-refractivity contribution in [3.8, 4) is 0 Å². The van der Waals surface area contributed by atoms with Gasteiger partial charge in [-0.3, -0.25) is 0 Å². The van der Waals surface area contributed by atoms with Crippen LogP contribution in [-0.2, 0) is 0 Å². The smallest absolute Gasteiger partial charge is 0.0182 e. The van der Waals surface area contributed by atoms with E-state index in [2.05, 4.69) is 39.5 Å². The molecule has 0 spiro atoms. The summed E-state index contributed by atoms with van der Waals surface area (Å²) in [6.07, 6.45) is 8.45. The van der Waals surface area contributed by atoms with E-state index < -0.39 is 0 Å². The van der Waals surface area contributed by atoms with Crippen LogP contribution in [0, 0.1) is 5.41 Å². The highest BCUT2D eigenvalue weighted by atomic mass is 32.2. The van der Waals surface area contributed by atoms with Gasteiger partial charge in [-0.2, -0.15) is 11.8 Å². The Labute approximate surface area is 94.2 Å². The van der Waals surface area contributed by atoms with Crippen molar-refractivity contribution in [3.63, 3.8) is 0 Å². The highest BCUT2D eigenvalue weighted by Crippen LogP contribution is 2.51. The van der Waals surface area contributed by atoms with Crippen LogP contribution in [0.25, 0.3) is 0 Å². The van der Waals surface area contributed by atoms with Crippen LogP contribution >= 0.6 is 11.8 Å². The Kier molecular flexibility index (Phi) is 4.36. The minimum atomic E-state index is 0.542. The molecule has 1 saturated carbocycles. The normalized spacial score (nSPS) is 31.7. The maximum Gasteiger partial charge on any atom is 0.0182 e. The zero-order valence-electron chi connectivity index (χ0n) is 10.4. The molecule has 0 aromatic rings. The van der Waals surface area contributed by atoms with Gasteiger partial charge in [0.2, 0.25) is 0 Å². The molecule has 0 heterocycles. The van der Waals surface area contributed by atoms with E-state index in [0.29, 0.717) is 10.2 Å². The lowest BCUT2D eigenvalue weighted by Crippen LogP contribution is -2.41. The van der Waals surface area contributed by atoms with Gasteiger partial charge in [0.25, 0.3) is 0 Å². The van der Waals surface area contributed by atoms with Crippen LogP contribution in [0.2, 0.25) is 0 Å². The summed E-state index contributed by atoms with van der Waals surface area (Å²) in [6.45, 7) is 9.71. The Morgan fingerprint density at radius 2 is 1.71 bits per heavy atom. The maximum atomic E-state index is 2.49. The van der Waals surface area contributed by atoms with E-state index in [-0.39, 0.29) is 0 Å². The first-order valence-corrected chi connectivity index (χ1v) is 7.14. The van der Waals surface area contributed by atoms with Gasteiger partial charge in [-0.15, -0.1) is 0 Å². The summed E-state index contributed by atoms with van der Waals surface area (Å²) in [5, 5.41) is 0. The first-order chi connectivity index (χ1) is 6.52. The lowest BCUT2D eigenvalue weighted by molar-refractivity contribution is 0.185. The van der Waals surface area contributed by atoms with Crippen LogP contribution < -0.4 is 0 Å². The monoisotopic (exact) mass is 214 g/mol. The molecule has 1 unspecified atom stereocenters. The topological polar surface area (TPSA) is 0 Å². The van der Waals surface area contributed by atoms with Gasteiger partial charge >= 0.3 is 0 Å². The van der Waals surface area contributed by atoms with Gasteiger partial charge in [0, 0.05) is 4.75 Å². The fourth-order valence-corrected chi connectivity index (χ4v) is 4.01. The van der Waals surface area contributed by atoms with Gasteiger partial charge in [0.05, 0.1) is 0 Å². The van der Waals surface area contributed by atoms with Gasteiger partial charge in [-0.1, -0.05) is 40.0 Å². The Morgan fingerprint density at radius 1 is 1.07 bits per heavy atom. The van der Waals surface area contributed by atoms with Gasteiger partial charge in [-0.25, -0.2) is 0 Å². The van der Waals surface area contributed by atoms with Gasteiger partial charge < -0.3 is 0 Å². The predicted octanol–water partition coefficient (Wildman–Crippen LogP) is 4.88. The largest absolute Gasteiger partial charge is 0.155 e. The predicted molar refractivity (Wildman–Crippen MR) is 68.0 cm³/mol. The minimum absolute atomic E-state index is 0.542. The summed E-state index contributed by atoms with van der Waals surface area (Å²) in [5.74, 6) is 1.36. The molecule has 1 rings (SSSR count). The Bertz CT molecular complexity index is 174. The van der Waals surface area contributed by atoms with Crippen molar-refractivity contribution < 1.29 is 0 Å². The highest BCUT2D eigenvalue weighted by molar-refractivity contribution is 8.00. The lowest BCUT2D eigenvalue weighted by atomic mass is 9.69. The molecule has 0 N–H and O–H groups in total. The molecule has 0 amide bonds. The Balaban J connectivity index is 2.51. The average Bonchev–Trinajstić information content (AvgIpc) is 2.11. The van der Waals surface area contributed by atoms with Crippen molar-refractivity contribution in [2.75, 3.05) is 5.75 Å². The summed E-state index contributed by atoms with van der Waals surface area (Å²) in [4.78, 5) is 0.